The average Bonchev–Trinajstić information content (AvgIpc) is 2.58. The molecule has 0 spiro atoms. The number of benzene rings is 2. The standard InChI is InChI=1S/C20H23NO2/c22-19-8-6-18(7-9-19)20(23)15-21-12-10-17(11-13-21)14-16-4-2-1-3-5-16/h1-9,17,22H,10-15H2. The fourth-order valence-corrected chi connectivity index (χ4v) is 3.24. The van der Waals surface area contributed by atoms with Gasteiger partial charge in [0, 0.05) is 5.56 Å². The molecule has 3 heteroatoms. The number of piperidine rings is 1. The summed E-state index contributed by atoms with van der Waals surface area (Å²) in [6.07, 6.45) is 3.44. The molecule has 0 aromatic heterocycles. The van der Waals surface area contributed by atoms with E-state index in [4.69, 9.17) is 0 Å². The molecule has 1 heterocycles. The van der Waals surface area contributed by atoms with E-state index in [-0.39, 0.29) is 11.5 Å². The number of Topliss-reactive ketones (excluding diaryl/α,β-unsaturated/α-hetero) is 1. The molecule has 2 aromatic carbocycles. The number of carbonyl (C=O) groups excluding carboxylic acids is 1. The molecule has 120 valence electrons. The molecular weight excluding hydrogens is 286 g/mol. The van der Waals surface area contributed by atoms with Gasteiger partial charge in [-0.1, -0.05) is 30.3 Å². The van der Waals surface area contributed by atoms with Gasteiger partial charge in [0.1, 0.15) is 5.75 Å². The van der Waals surface area contributed by atoms with Gasteiger partial charge in [0.15, 0.2) is 5.78 Å². The smallest absolute Gasteiger partial charge is 0.176 e. The molecule has 0 radical (unpaired) electrons. The fourth-order valence-electron chi connectivity index (χ4n) is 3.24. The minimum Gasteiger partial charge on any atom is -0.508 e. The van der Waals surface area contributed by atoms with E-state index in [0.717, 1.165) is 38.3 Å². The van der Waals surface area contributed by atoms with Crippen molar-refractivity contribution in [3.63, 3.8) is 0 Å². The Bertz CT molecular complexity index is 628. The lowest BCUT2D eigenvalue weighted by molar-refractivity contribution is 0.0895. The van der Waals surface area contributed by atoms with Crippen LogP contribution in [0, 0.1) is 5.92 Å². The number of phenols is 1. The highest BCUT2D eigenvalue weighted by molar-refractivity contribution is 5.97. The molecular formula is C20H23NO2. The Hall–Kier alpha value is -2.13. The van der Waals surface area contributed by atoms with Crippen molar-refractivity contribution in [3.8, 4) is 5.75 Å². The van der Waals surface area contributed by atoms with Crippen molar-refractivity contribution < 1.29 is 9.90 Å². The first-order valence-corrected chi connectivity index (χ1v) is 8.29. The molecule has 1 fully saturated rings. The largest absolute Gasteiger partial charge is 0.508 e. The second kappa shape index (κ2) is 7.42. The highest BCUT2D eigenvalue weighted by atomic mass is 16.3. The van der Waals surface area contributed by atoms with E-state index in [1.54, 1.807) is 24.3 Å². The SMILES string of the molecule is O=C(CN1CCC(Cc2ccccc2)CC1)c1ccc(O)cc1. The first-order chi connectivity index (χ1) is 11.2. The Morgan fingerprint density at radius 1 is 1.00 bits per heavy atom. The monoisotopic (exact) mass is 309 g/mol. The zero-order chi connectivity index (χ0) is 16.1. The van der Waals surface area contributed by atoms with E-state index < -0.39 is 0 Å². The Balaban J connectivity index is 1.47. The number of aromatic hydroxyl groups is 1. The summed E-state index contributed by atoms with van der Waals surface area (Å²) in [6, 6.07) is 17.2. The fraction of sp³-hybridized carbons (Fsp3) is 0.350. The van der Waals surface area contributed by atoms with Crippen LogP contribution in [-0.4, -0.2) is 35.4 Å². The summed E-state index contributed by atoms with van der Waals surface area (Å²) in [5.74, 6) is 1.05. The van der Waals surface area contributed by atoms with Crippen molar-refractivity contribution in [1.82, 2.24) is 4.90 Å². The van der Waals surface area contributed by atoms with Gasteiger partial charge in [-0.15, -0.1) is 0 Å². The number of hydrogen-bond acceptors (Lipinski definition) is 3. The third-order valence-corrected chi connectivity index (χ3v) is 4.63. The molecule has 0 atom stereocenters. The van der Waals surface area contributed by atoms with Gasteiger partial charge in [0.25, 0.3) is 0 Å². The maximum Gasteiger partial charge on any atom is 0.176 e. The zero-order valence-electron chi connectivity index (χ0n) is 13.3. The molecule has 0 amide bonds. The summed E-state index contributed by atoms with van der Waals surface area (Å²) in [7, 11) is 0. The normalized spacial score (nSPS) is 16.3. The Morgan fingerprint density at radius 2 is 1.65 bits per heavy atom. The van der Waals surface area contributed by atoms with Crippen molar-refractivity contribution in [2.24, 2.45) is 5.92 Å². The first kappa shape index (κ1) is 15.8. The van der Waals surface area contributed by atoms with Gasteiger partial charge in [0.2, 0.25) is 0 Å². The summed E-state index contributed by atoms with van der Waals surface area (Å²) < 4.78 is 0. The summed E-state index contributed by atoms with van der Waals surface area (Å²) in [4.78, 5) is 14.5. The molecule has 0 bridgehead atoms. The van der Waals surface area contributed by atoms with Crippen LogP contribution in [0.1, 0.15) is 28.8 Å². The van der Waals surface area contributed by atoms with E-state index in [0.29, 0.717) is 12.1 Å². The van der Waals surface area contributed by atoms with Crippen LogP contribution in [-0.2, 0) is 6.42 Å². The quantitative estimate of drug-likeness (QED) is 0.859. The Labute approximate surface area is 137 Å². The van der Waals surface area contributed by atoms with Gasteiger partial charge in [0.05, 0.1) is 6.54 Å². The van der Waals surface area contributed by atoms with Crippen LogP contribution in [0.4, 0.5) is 0 Å². The average molecular weight is 309 g/mol. The van der Waals surface area contributed by atoms with Crippen molar-refractivity contribution in [2.75, 3.05) is 19.6 Å². The second-order valence-electron chi connectivity index (χ2n) is 6.38. The molecule has 2 aromatic rings. The topological polar surface area (TPSA) is 40.5 Å². The van der Waals surface area contributed by atoms with Crippen LogP contribution < -0.4 is 0 Å². The number of rotatable bonds is 5. The predicted octanol–water partition coefficient (Wildman–Crippen LogP) is 3.53. The van der Waals surface area contributed by atoms with Crippen LogP contribution in [0.5, 0.6) is 5.75 Å². The van der Waals surface area contributed by atoms with Gasteiger partial charge >= 0.3 is 0 Å². The molecule has 3 rings (SSSR count). The second-order valence-corrected chi connectivity index (χ2v) is 6.38. The van der Waals surface area contributed by atoms with Crippen LogP contribution in [0.25, 0.3) is 0 Å². The van der Waals surface area contributed by atoms with Crippen molar-refractivity contribution in [2.45, 2.75) is 19.3 Å². The highest BCUT2D eigenvalue weighted by Crippen LogP contribution is 2.22. The first-order valence-electron chi connectivity index (χ1n) is 8.29. The zero-order valence-corrected chi connectivity index (χ0v) is 13.3. The minimum atomic E-state index is 0.131. The van der Waals surface area contributed by atoms with E-state index >= 15 is 0 Å². The predicted molar refractivity (Wildman–Crippen MR) is 91.7 cm³/mol. The molecule has 1 N–H and O–H groups in total. The van der Waals surface area contributed by atoms with E-state index in [9.17, 15) is 9.90 Å². The number of carbonyl (C=O) groups is 1. The molecule has 23 heavy (non-hydrogen) atoms. The molecule has 3 nitrogen and oxygen atoms in total. The number of ketones is 1. The number of hydrogen-bond donors (Lipinski definition) is 1. The van der Waals surface area contributed by atoms with E-state index in [1.165, 1.54) is 5.56 Å². The molecule has 1 saturated heterocycles. The van der Waals surface area contributed by atoms with Gasteiger partial charge < -0.3 is 5.11 Å². The van der Waals surface area contributed by atoms with Gasteiger partial charge in [-0.25, -0.2) is 0 Å². The Morgan fingerprint density at radius 3 is 2.30 bits per heavy atom. The number of nitrogens with zero attached hydrogens (tertiary/aromatic N) is 1. The lowest BCUT2D eigenvalue weighted by Crippen LogP contribution is -2.37. The highest BCUT2D eigenvalue weighted by Gasteiger charge is 2.21. The Kier molecular flexibility index (Phi) is 5.09. The summed E-state index contributed by atoms with van der Waals surface area (Å²) in [5.41, 5.74) is 2.08. The van der Waals surface area contributed by atoms with Gasteiger partial charge in [-0.3, -0.25) is 9.69 Å². The van der Waals surface area contributed by atoms with Crippen molar-refractivity contribution >= 4 is 5.78 Å². The third kappa shape index (κ3) is 4.42. The lowest BCUT2D eigenvalue weighted by Gasteiger charge is -2.31. The maximum atomic E-state index is 12.3. The summed E-state index contributed by atoms with van der Waals surface area (Å²) in [5, 5.41) is 9.29. The molecule has 1 aliphatic rings. The van der Waals surface area contributed by atoms with Crippen LogP contribution >= 0.6 is 0 Å². The summed E-state index contributed by atoms with van der Waals surface area (Å²) in [6.45, 7) is 2.45. The lowest BCUT2D eigenvalue weighted by atomic mass is 9.90. The van der Waals surface area contributed by atoms with Crippen molar-refractivity contribution in [3.05, 3.63) is 65.7 Å². The maximum absolute atomic E-state index is 12.3. The van der Waals surface area contributed by atoms with Gasteiger partial charge in [-0.05, 0) is 68.1 Å². The number of phenolic OH excluding ortho intramolecular Hbond substituents is 1. The van der Waals surface area contributed by atoms with Crippen LogP contribution in [0.2, 0.25) is 0 Å². The minimum absolute atomic E-state index is 0.131. The van der Waals surface area contributed by atoms with E-state index in [2.05, 4.69) is 35.2 Å². The molecule has 0 unspecified atom stereocenters. The van der Waals surface area contributed by atoms with Crippen LogP contribution in [0.3, 0.4) is 0 Å². The van der Waals surface area contributed by atoms with Crippen molar-refractivity contribution in [1.29, 1.82) is 0 Å². The molecule has 0 saturated carbocycles. The number of likely N-dealkylation sites (tertiary alicyclic amines) is 1. The van der Waals surface area contributed by atoms with E-state index in [1.807, 2.05) is 0 Å². The summed E-state index contributed by atoms with van der Waals surface area (Å²) >= 11 is 0. The third-order valence-electron chi connectivity index (χ3n) is 4.63. The van der Waals surface area contributed by atoms with Gasteiger partial charge in [-0.2, -0.15) is 0 Å². The molecule has 1 aliphatic heterocycles. The molecule has 0 aliphatic carbocycles. The van der Waals surface area contributed by atoms with Crippen LogP contribution in [0.15, 0.2) is 54.6 Å².